The molecule has 21 heavy (non-hydrogen) atoms. The van der Waals surface area contributed by atoms with Gasteiger partial charge in [0.05, 0.1) is 18.7 Å². The third-order valence-electron chi connectivity index (χ3n) is 3.25. The fourth-order valence-corrected chi connectivity index (χ4v) is 3.16. The monoisotopic (exact) mass is 309 g/mol. The quantitative estimate of drug-likeness (QED) is 0.779. The van der Waals surface area contributed by atoms with Crippen LogP contribution >= 0.6 is 11.3 Å². The van der Waals surface area contributed by atoms with Crippen molar-refractivity contribution in [3.05, 3.63) is 33.2 Å². The van der Waals surface area contributed by atoms with Crippen LogP contribution in [0.5, 0.6) is 0 Å². The van der Waals surface area contributed by atoms with E-state index in [0.29, 0.717) is 23.7 Å². The normalized spacial score (nSPS) is 12.8. The Morgan fingerprint density at radius 3 is 2.95 bits per heavy atom. The predicted molar refractivity (Wildman–Crippen MR) is 81.6 cm³/mol. The summed E-state index contributed by atoms with van der Waals surface area (Å²) in [5, 5.41) is 1.91. The van der Waals surface area contributed by atoms with E-state index < -0.39 is 0 Å². The van der Waals surface area contributed by atoms with Crippen molar-refractivity contribution in [1.29, 1.82) is 0 Å². The summed E-state index contributed by atoms with van der Waals surface area (Å²) >= 11 is 1.45. The van der Waals surface area contributed by atoms with Gasteiger partial charge >= 0.3 is 5.97 Å². The highest BCUT2D eigenvalue weighted by Crippen LogP contribution is 2.12. The molecule has 114 valence electrons. The van der Waals surface area contributed by atoms with E-state index in [9.17, 15) is 9.59 Å². The highest BCUT2D eigenvalue weighted by molar-refractivity contribution is 7.15. The van der Waals surface area contributed by atoms with Gasteiger partial charge in [0, 0.05) is 30.2 Å². The van der Waals surface area contributed by atoms with E-state index in [-0.39, 0.29) is 17.4 Å². The van der Waals surface area contributed by atoms with Crippen molar-refractivity contribution in [3.63, 3.8) is 0 Å². The number of aromatic nitrogens is 2. The first-order valence-electron chi connectivity index (χ1n) is 6.65. The Morgan fingerprint density at radius 1 is 1.57 bits per heavy atom. The summed E-state index contributed by atoms with van der Waals surface area (Å²) < 4.78 is 6.31. The van der Waals surface area contributed by atoms with Crippen LogP contribution in [0.15, 0.2) is 16.2 Å². The van der Waals surface area contributed by atoms with Gasteiger partial charge in [-0.25, -0.2) is 4.98 Å². The molecular weight excluding hydrogens is 290 g/mol. The Hall–Kier alpha value is -1.73. The van der Waals surface area contributed by atoms with Crippen molar-refractivity contribution in [1.82, 2.24) is 14.3 Å². The van der Waals surface area contributed by atoms with Gasteiger partial charge in [-0.1, -0.05) is 6.92 Å². The Kier molecular flexibility index (Phi) is 4.74. The summed E-state index contributed by atoms with van der Waals surface area (Å²) in [6.45, 7) is 4.77. The minimum Gasteiger partial charge on any atom is -0.469 e. The number of carbonyl (C=O) groups is 1. The molecule has 0 saturated heterocycles. The second-order valence-corrected chi connectivity index (χ2v) is 6.04. The van der Waals surface area contributed by atoms with Crippen LogP contribution in [0.3, 0.4) is 0 Å². The molecular formula is C14H19N3O3S. The number of carbonyl (C=O) groups excluding carboxylic acids is 1. The Bertz CT molecular complexity index is 707. The molecule has 6 nitrogen and oxygen atoms in total. The van der Waals surface area contributed by atoms with Crippen LogP contribution in [0.1, 0.15) is 18.3 Å². The van der Waals surface area contributed by atoms with Gasteiger partial charge in [0.25, 0.3) is 5.56 Å². The molecule has 0 aliphatic rings. The van der Waals surface area contributed by atoms with Crippen LogP contribution in [0.2, 0.25) is 0 Å². The molecule has 0 bridgehead atoms. The van der Waals surface area contributed by atoms with Crippen molar-refractivity contribution >= 4 is 22.3 Å². The maximum Gasteiger partial charge on any atom is 0.309 e. The predicted octanol–water partition coefficient (Wildman–Crippen LogP) is 1.31. The molecule has 1 unspecified atom stereocenters. The van der Waals surface area contributed by atoms with Crippen molar-refractivity contribution in [2.24, 2.45) is 5.92 Å². The number of ether oxygens (including phenoxy) is 1. The molecule has 0 radical (unpaired) electrons. The van der Waals surface area contributed by atoms with E-state index in [4.69, 9.17) is 4.74 Å². The Morgan fingerprint density at radius 2 is 2.29 bits per heavy atom. The van der Waals surface area contributed by atoms with E-state index in [1.165, 1.54) is 18.4 Å². The second kappa shape index (κ2) is 6.36. The minimum atomic E-state index is -0.237. The molecule has 1 atom stereocenters. The third kappa shape index (κ3) is 3.48. The molecule has 0 fully saturated rings. The molecule has 0 aromatic carbocycles. The van der Waals surface area contributed by atoms with Crippen molar-refractivity contribution in [3.8, 4) is 0 Å². The third-order valence-corrected chi connectivity index (χ3v) is 4.19. The van der Waals surface area contributed by atoms with Gasteiger partial charge in [-0.05, 0) is 14.0 Å². The van der Waals surface area contributed by atoms with Crippen LogP contribution in [0.25, 0.3) is 4.96 Å². The van der Waals surface area contributed by atoms with E-state index in [1.807, 2.05) is 31.2 Å². The zero-order valence-electron chi connectivity index (χ0n) is 12.6. The average Bonchev–Trinajstić information content (AvgIpc) is 2.79. The number of esters is 1. The highest BCUT2D eigenvalue weighted by atomic mass is 32.1. The first-order valence-corrected chi connectivity index (χ1v) is 7.53. The molecule has 0 aliphatic heterocycles. The van der Waals surface area contributed by atoms with E-state index >= 15 is 0 Å². The lowest BCUT2D eigenvalue weighted by Crippen LogP contribution is -2.30. The summed E-state index contributed by atoms with van der Waals surface area (Å²) in [7, 11) is 3.27. The van der Waals surface area contributed by atoms with Gasteiger partial charge in [-0.2, -0.15) is 0 Å². The number of hydrogen-bond donors (Lipinski definition) is 0. The molecule has 0 N–H and O–H groups in total. The van der Waals surface area contributed by atoms with E-state index in [1.54, 1.807) is 10.5 Å². The molecule has 0 aliphatic carbocycles. The molecule has 2 aromatic heterocycles. The van der Waals surface area contributed by atoms with Crippen LogP contribution in [-0.4, -0.2) is 41.0 Å². The Labute approximate surface area is 127 Å². The second-order valence-electron chi connectivity index (χ2n) is 5.20. The number of methoxy groups -OCH3 is 1. The summed E-state index contributed by atoms with van der Waals surface area (Å²) in [5.74, 6) is -0.451. The lowest BCUT2D eigenvalue weighted by atomic mass is 10.1. The number of rotatable bonds is 5. The largest absolute Gasteiger partial charge is 0.469 e. The molecule has 2 aromatic rings. The number of fused-ring (bicyclic) bond motifs is 1. The Balaban J connectivity index is 2.13. The van der Waals surface area contributed by atoms with Gasteiger partial charge in [-0.15, -0.1) is 11.3 Å². The summed E-state index contributed by atoms with van der Waals surface area (Å²) in [4.78, 5) is 30.6. The summed E-state index contributed by atoms with van der Waals surface area (Å²) in [6, 6.07) is 1.55. The maximum atomic E-state index is 12.1. The number of hydrogen-bond acceptors (Lipinski definition) is 6. The fourth-order valence-electron chi connectivity index (χ4n) is 2.27. The van der Waals surface area contributed by atoms with Crippen LogP contribution in [0.4, 0.5) is 0 Å². The lowest BCUT2D eigenvalue weighted by Gasteiger charge is -2.19. The topological polar surface area (TPSA) is 63.9 Å². The number of thiazole rings is 1. The van der Waals surface area contributed by atoms with Gasteiger partial charge in [0.1, 0.15) is 0 Å². The highest BCUT2D eigenvalue weighted by Gasteiger charge is 2.16. The standard InChI is InChI=1S/C14H19N3O3S/c1-9(13(19)20-4)6-16(3)7-11-5-12(18)17-10(2)8-21-14(17)15-11/h5,8-9H,6-7H2,1-4H3. The number of aryl methyl sites for hydroxylation is 1. The zero-order valence-corrected chi connectivity index (χ0v) is 13.4. The van der Waals surface area contributed by atoms with Gasteiger partial charge in [0.15, 0.2) is 4.96 Å². The van der Waals surface area contributed by atoms with E-state index in [0.717, 1.165) is 5.69 Å². The smallest absolute Gasteiger partial charge is 0.309 e. The van der Waals surface area contributed by atoms with Gasteiger partial charge in [-0.3, -0.25) is 18.9 Å². The van der Waals surface area contributed by atoms with Crippen LogP contribution in [-0.2, 0) is 16.1 Å². The van der Waals surface area contributed by atoms with Crippen LogP contribution in [0, 0.1) is 12.8 Å². The lowest BCUT2D eigenvalue weighted by molar-refractivity contribution is -0.145. The molecule has 0 spiro atoms. The molecule has 2 heterocycles. The fraction of sp³-hybridized carbons (Fsp3) is 0.500. The summed E-state index contributed by atoms with van der Waals surface area (Å²) in [5.41, 5.74) is 1.54. The molecule has 2 rings (SSSR count). The maximum absolute atomic E-state index is 12.1. The first-order chi connectivity index (χ1) is 9.92. The van der Waals surface area contributed by atoms with Gasteiger partial charge in [0.2, 0.25) is 0 Å². The first kappa shape index (κ1) is 15.7. The van der Waals surface area contributed by atoms with E-state index in [2.05, 4.69) is 4.98 Å². The van der Waals surface area contributed by atoms with Crippen LogP contribution < -0.4 is 5.56 Å². The van der Waals surface area contributed by atoms with Crippen molar-refractivity contribution in [2.45, 2.75) is 20.4 Å². The zero-order chi connectivity index (χ0) is 15.6. The molecule has 0 amide bonds. The molecule has 7 heteroatoms. The van der Waals surface area contributed by atoms with Gasteiger partial charge < -0.3 is 4.74 Å². The summed E-state index contributed by atoms with van der Waals surface area (Å²) in [6.07, 6.45) is 0. The molecule has 0 saturated carbocycles. The number of nitrogens with zero attached hydrogens (tertiary/aromatic N) is 3. The SMILES string of the molecule is COC(=O)C(C)CN(C)Cc1cc(=O)n2c(C)csc2n1. The van der Waals surface area contributed by atoms with Crippen molar-refractivity contribution < 1.29 is 9.53 Å². The van der Waals surface area contributed by atoms with Crippen molar-refractivity contribution in [2.75, 3.05) is 20.7 Å². The minimum absolute atomic E-state index is 0.0665. The average molecular weight is 309 g/mol.